The minimum atomic E-state index is -0.235. The van der Waals surface area contributed by atoms with Crippen LogP contribution >= 0.6 is 11.8 Å². The van der Waals surface area contributed by atoms with E-state index in [0.717, 1.165) is 24.2 Å². The number of aromatic nitrogens is 3. The summed E-state index contributed by atoms with van der Waals surface area (Å²) in [5, 5.41) is 12.0. The molecule has 0 spiro atoms. The Morgan fingerprint density at radius 3 is 2.72 bits per heavy atom. The van der Waals surface area contributed by atoms with Crippen molar-refractivity contribution in [2.45, 2.75) is 56.1 Å². The van der Waals surface area contributed by atoms with Gasteiger partial charge in [0, 0.05) is 11.5 Å². The number of amides is 1. The van der Waals surface area contributed by atoms with Crippen LogP contribution in [0.25, 0.3) is 0 Å². The molecule has 3 N–H and O–H groups in total. The molecule has 2 aromatic rings. The molecule has 3 rings (SSSR count). The lowest BCUT2D eigenvalue weighted by Gasteiger charge is -2.20. The largest absolute Gasteiger partial charge is 0.497 e. The fourth-order valence-electron chi connectivity index (χ4n) is 3.69. The van der Waals surface area contributed by atoms with Crippen LogP contribution in [0.1, 0.15) is 62.4 Å². The molecule has 1 saturated carbocycles. The van der Waals surface area contributed by atoms with Gasteiger partial charge in [-0.1, -0.05) is 31.0 Å². The predicted octanol–water partition coefficient (Wildman–Crippen LogP) is 3.03. The van der Waals surface area contributed by atoms with Gasteiger partial charge in [-0.2, -0.15) is 0 Å². The van der Waals surface area contributed by atoms with Crippen molar-refractivity contribution in [3.05, 3.63) is 29.6 Å². The first-order valence-electron chi connectivity index (χ1n) is 9.88. The summed E-state index contributed by atoms with van der Waals surface area (Å²) in [7, 11) is 3.21. The first-order valence-corrected chi connectivity index (χ1v) is 10.9. The minimum Gasteiger partial charge on any atom is -0.497 e. The lowest BCUT2D eigenvalue weighted by molar-refractivity contribution is -0.119. The summed E-state index contributed by atoms with van der Waals surface area (Å²) < 4.78 is 12.2. The zero-order chi connectivity index (χ0) is 20.8. The van der Waals surface area contributed by atoms with Gasteiger partial charge in [0.25, 0.3) is 0 Å². The maximum Gasteiger partial charge on any atom is 0.230 e. The molecular formula is C20H29N5O3S. The molecule has 158 valence electrons. The number of thioether (sulfide) groups is 1. The standard InChI is InChI=1S/C20H29N5O3S/c1-13(16-11-15(27-2)9-10-17(16)28-3)22-18(26)12-29-20-24-23-19(25(20)21)14-7-5-4-6-8-14/h9-11,13-14H,4-8,12,21H2,1-3H3,(H,22,26)/t13-/m0/s1. The molecule has 9 heteroatoms. The van der Waals surface area contributed by atoms with Crippen molar-refractivity contribution >= 4 is 17.7 Å². The van der Waals surface area contributed by atoms with E-state index in [4.69, 9.17) is 15.3 Å². The first-order chi connectivity index (χ1) is 14.0. The number of hydrogen-bond acceptors (Lipinski definition) is 7. The Kier molecular flexibility index (Phi) is 7.24. The number of nitrogen functional groups attached to an aromatic ring is 1. The molecular weight excluding hydrogens is 390 g/mol. The van der Waals surface area contributed by atoms with Crippen LogP contribution < -0.4 is 20.6 Å². The SMILES string of the molecule is COc1ccc(OC)c([C@H](C)NC(=O)CSc2nnc(C3CCCCC3)n2N)c1. The summed E-state index contributed by atoms with van der Waals surface area (Å²) >= 11 is 1.29. The number of methoxy groups -OCH3 is 2. The molecule has 0 radical (unpaired) electrons. The molecule has 0 saturated heterocycles. The minimum absolute atomic E-state index is 0.116. The number of benzene rings is 1. The van der Waals surface area contributed by atoms with Gasteiger partial charge in [-0.3, -0.25) is 4.79 Å². The smallest absolute Gasteiger partial charge is 0.230 e. The second-order valence-electron chi connectivity index (χ2n) is 7.23. The van der Waals surface area contributed by atoms with E-state index in [1.54, 1.807) is 18.9 Å². The monoisotopic (exact) mass is 419 g/mol. The number of ether oxygens (including phenoxy) is 2. The highest BCUT2D eigenvalue weighted by Gasteiger charge is 2.23. The zero-order valence-corrected chi connectivity index (χ0v) is 18.0. The molecule has 1 aromatic carbocycles. The van der Waals surface area contributed by atoms with Gasteiger partial charge < -0.3 is 20.6 Å². The Balaban J connectivity index is 1.58. The Labute approximate surface area is 175 Å². The van der Waals surface area contributed by atoms with Gasteiger partial charge in [0.2, 0.25) is 11.1 Å². The molecule has 0 bridgehead atoms. The number of nitrogens with two attached hydrogens (primary N) is 1. The number of rotatable bonds is 8. The third-order valence-electron chi connectivity index (χ3n) is 5.27. The topological polar surface area (TPSA) is 104 Å². The molecule has 1 aliphatic carbocycles. The van der Waals surface area contributed by atoms with Gasteiger partial charge in [0.15, 0.2) is 5.82 Å². The van der Waals surface area contributed by atoms with Gasteiger partial charge in [-0.15, -0.1) is 10.2 Å². The molecule has 0 unspecified atom stereocenters. The third kappa shape index (κ3) is 5.14. The second kappa shape index (κ2) is 9.87. The number of nitrogens with one attached hydrogen (secondary N) is 1. The van der Waals surface area contributed by atoms with E-state index in [0.29, 0.717) is 22.6 Å². The van der Waals surface area contributed by atoms with Crippen molar-refractivity contribution in [1.29, 1.82) is 0 Å². The highest BCUT2D eigenvalue weighted by atomic mass is 32.2. The van der Waals surface area contributed by atoms with Gasteiger partial charge in [-0.25, -0.2) is 4.68 Å². The molecule has 1 fully saturated rings. The number of carbonyl (C=O) groups is 1. The number of carbonyl (C=O) groups excluding carboxylic acids is 1. The normalized spacial score (nSPS) is 15.7. The zero-order valence-electron chi connectivity index (χ0n) is 17.2. The highest BCUT2D eigenvalue weighted by Crippen LogP contribution is 2.32. The molecule has 1 amide bonds. The van der Waals surface area contributed by atoms with Crippen molar-refractivity contribution in [3.63, 3.8) is 0 Å². The van der Waals surface area contributed by atoms with Crippen LogP contribution in [0.4, 0.5) is 0 Å². The summed E-state index contributed by atoms with van der Waals surface area (Å²) in [5.74, 6) is 8.88. The quantitative estimate of drug-likeness (QED) is 0.500. The molecule has 1 aromatic heterocycles. The van der Waals surface area contributed by atoms with Gasteiger partial charge >= 0.3 is 0 Å². The van der Waals surface area contributed by atoms with E-state index in [1.807, 2.05) is 25.1 Å². The lowest BCUT2D eigenvalue weighted by atomic mass is 9.89. The average molecular weight is 420 g/mol. The fourth-order valence-corrected chi connectivity index (χ4v) is 4.37. The van der Waals surface area contributed by atoms with Crippen LogP contribution in [0.15, 0.2) is 23.4 Å². The van der Waals surface area contributed by atoms with Crippen LogP contribution in [0, 0.1) is 0 Å². The van der Waals surface area contributed by atoms with E-state index in [-0.39, 0.29) is 17.7 Å². The molecule has 0 aliphatic heterocycles. The van der Waals surface area contributed by atoms with Crippen LogP contribution in [0.2, 0.25) is 0 Å². The van der Waals surface area contributed by atoms with Gasteiger partial charge in [-0.05, 0) is 38.0 Å². The first kappa shape index (κ1) is 21.3. The van der Waals surface area contributed by atoms with Gasteiger partial charge in [0.05, 0.1) is 26.0 Å². The van der Waals surface area contributed by atoms with Crippen molar-refractivity contribution in [2.75, 3.05) is 25.8 Å². The van der Waals surface area contributed by atoms with Crippen LogP contribution in [0.3, 0.4) is 0 Å². The molecule has 8 nitrogen and oxygen atoms in total. The molecule has 1 heterocycles. The second-order valence-corrected chi connectivity index (χ2v) is 8.17. The maximum atomic E-state index is 12.5. The Morgan fingerprint density at radius 1 is 1.28 bits per heavy atom. The number of hydrogen-bond donors (Lipinski definition) is 2. The van der Waals surface area contributed by atoms with E-state index in [9.17, 15) is 4.79 Å². The molecule has 1 aliphatic rings. The van der Waals surface area contributed by atoms with Crippen LogP contribution in [-0.4, -0.2) is 40.8 Å². The summed E-state index contributed by atoms with van der Waals surface area (Å²) in [6.45, 7) is 1.91. The number of nitrogens with zero attached hydrogens (tertiary/aromatic N) is 3. The van der Waals surface area contributed by atoms with Crippen molar-refractivity contribution in [2.24, 2.45) is 0 Å². The Bertz CT molecular complexity index is 836. The summed E-state index contributed by atoms with van der Waals surface area (Å²) in [5.41, 5.74) is 0.853. The third-order valence-corrected chi connectivity index (χ3v) is 6.22. The van der Waals surface area contributed by atoms with E-state index in [2.05, 4.69) is 15.5 Å². The maximum absolute atomic E-state index is 12.5. The van der Waals surface area contributed by atoms with Crippen LogP contribution in [-0.2, 0) is 4.79 Å². The highest BCUT2D eigenvalue weighted by molar-refractivity contribution is 7.99. The lowest BCUT2D eigenvalue weighted by Crippen LogP contribution is -2.28. The summed E-state index contributed by atoms with van der Waals surface area (Å²) in [6.07, 6.45) is 5.87. The predicted molar refractivity (Wildman–Crippen MR) is 113 cm³/mol. The summed E-state index contributed by atoms with van der Waals surface area (Å²) in [4.78, 5) is 12.5. The van der Waals surface area contributed by atoms with E-state index in [1.165, 1.54) is 31.0 Å². The van der Waals surface area contributed by atoms with Gasteiger partial charge in [0.1, 0.15) is 11.5 Å². The fraction of sp³-hybridized carbons (Fsp3) is 0.550. The van der Waals surface area contributed by atoms with Crippen molar-refractivity contribution < 1.29 is 14.3 Å². The Morgan fingerprint density at radius 2 is 2.03 bits per heavy atom. The molecule has 1 atom stereocenters. The Hall–Kier alpha value is -2.42. The van der Waals surface area contributed by atoms with Crippen molar-refractivity contribution in [3.8, 4) is 11.5 Å². The van der Waals surface area contributed by atoms with Crippen LogP contribution in [0.5, 0.6) is 11.5 Å². The van der Waals surface area contributed by atoms with E-state index < -0.39 is 0 Å². The molecule has 29 heavy (non-hydrogen) atoms. The van der Waals surface area contributed by atoms with E-state index >= 15 is 0 Å². The average Bonchev–Trinajstić information content (AvgIpc) is 3.12. The summed E-state index contributed by atoms with van der Waals surface area (Å²) in [6, 6.07) is 5.28. The van der Waals surface area contributed by atoms with Crippen molar-refractivity contribution in [1.82, 2.24) is 20.2 Å².